The minimum Gasteiger partial charge on any atom is -0.353 e. The molecule has 208 valence electrons. The molecule has 0 aromatic rings. The number of nitrogens with one attached hydrogen (secondary N) is 1. The fourth-order valence-electron chi connectivity index (χ4n) is 10.4. The third-order valence-electron chi connectivity index (χ3n) is 12.5. The summed E-state index contributed by atoms with van der Waals surface area (Å²) in [6, 6.07) is 0.314. The van der Waals surface area contributed by atoms with Crippen LogP contribution in [0.2, 0.25) is 0 Å². The highest BCUT2D eigenvalue weighted by molar-refractivity contribution is 5.76. The average Bonchev–Trinajstić information content (AvgIpc) is 3.30. The van der Waals surface area contributed by atoms with Crippen LogP contribution in [0.15, 0.2) is 11.6 Å². The molecule has 1 spiro atoms. The molecule has 4 aliphatic carbocycles. The fraction of sp³-hybridized carbons (Fsp3) is 0.906. The van der Waals surface area contributed by atoms with Crippen LogP contribution in [-0.2, 0) is 14.3 Å². The van der Waals surface area contributed by atoms with E-state index in [-0.39, 0.29) is 11.7 Å². The summed E-state index contributed by atoms with van der Waals surface area (Å²) in [7, 11) is 4.06. The Balaban J connectivity index is 1.16. The van der Waals surface area contributed by atoms with Gasteiger partial charge in [0.15, 0.2) is 5.79 Å². The molecule has 5 fully saturated rings. The molecule has 5 heteroatoms. The number of ether oxygens (including phenoxy) is 2. The first-order valence-electron chi connectivity index (χ1n) is 15.5. The molecule has 0 aromatic heterocycles. The van der Waals surface area contributed by atoms with Crippen LogP contribution in [0.5, 0.6) is 0 Å². The monoisotopic (exact) mass is 512 g/mol. The Bertz CT molecular complexity index is 923. The van der Waals surface area contributed by atoms with Crippen molar-refractivity contribution in [2.75, 3.05) is 27.2 Å². The van der Waals surface area contributed by atoms with Gasteiger partial charge in [0.1, 0.15) is 0 Å². The van der Waals surface area contributed by atoms with E-state index in [4.69, 9.17) is 9.47 Å². The van der Waals surface area contributed by atoms with Gasteiger partial charge >= 0.3 is 0 Å². The second kappa shape index (κ2) is 9.34. The van der Waals surface area contributed by atoms with Crippen LogP contribution in [-0.4, -0.2) is 56.0 Å². The maximum atomic E-state index is 12.5. The normalized spacial score (nSPS) is 50.7. The Labute approximate surface area is 225 Å². The van der Waals surface area contributed by atoms with Crippen LogP contribution >= 0.6 is 0 Å². The predicted octanol–water partition coefficient (Wildman–Crippen LogP) is 5.79. The van der Waals surface area contributed by atoms with Crippen LogP contribution in [0.25, 0.3) is 0 Å². The molecule has 5 nitrogen and oxygen atoms in total. The minimum absolute atomic E-state index is 0.214. The summed E-state index contributed by atoms with van der Waals surface area (Å²) in [5.74, 6) is 4.02. The van der Waals surface area contributed by atoms with Crippen molar-refractivity contribution in [1.82, 2.24) is 10.2 Å². The molecule has 37 heavy (non-hydrogen) atoms. The highest BCUT2D eigenvalue weighted by Crippen LogP contribution is 2.70. The van der Waals surface area contributed by atoms with Gasteiger partial charge in [-0.15, -0.1) is 0 Å². The van der Waals surface area contributed by atoms with Crippen molar-refractivity contribution in [1.29, 1.82) is 0 Å². The Kier molecular flexibility index (Phi) is 6.64. The number of hydrogen-bond donors (Lipinski definition) is 1. The van der Waals surface area contributed by atoms with E-state index in [0.29, 0.717) is 47.2 Å². The van der Waals surface area contributed by atoms with Crippen molar-refractivity contribution in [3.05, 3.63) is 11.6 Å². The molecule has 2 aliphatic heterocycles. The number of amides is 1. The zero-order chi connectivity index (χ0) is 26.2. The van der Waals surface area contributed by atoms with Crippen LogP contribution in [0.1, 0.15) is 91.9 Å². The van der Waals surface area contributed by atoms with E-state index < -0.39 is 0 Å². The van der Waals surface area contributed by atoms with Gasteiger partial charge in [0.25, 0.3) is 0 Å². The standard InChI is InChI=1S/C32H52N2O3/c1-20-9-15-32(36-19-20)21(2)29-27(37-32)18-26-24-8-7-22-17-23(33-28(35)12-16-34(5)6)10-13-30(22,3)25(24)11-14-31(26,29)4/h7,20-21,23-27,29H,8-19H2,1-6H3,(H,33,35)/t20-,21+,23?,24-,25+,26+,27+,29+,30+,31+,32-/m1/s1. The summed E-state index contributed by atoms with van der Waals surface area (Å²) in [6.45, 7) is 11.6. The van der Waals surface area contributed by atoms with E-state index in [9.17, 15) is 4.79 Å². The predicted molar refractivity (Wildman–Crippen MR) is 147 cm³/mol. The van der Waals surface area contributed by atoms with E-state index in [1.54, 1.807) is 5.57 Å². The van der Waals surface area contributed by atoms with E-state index >= 15 is 0 Å². The minimum atomic E-state index is -0.312. The Morgan fingerprint density at radius 3 is 2.65 bits per heavy atom. The summed E-state index contributed by atoms with van der Waals surface area (Å²) >= 11 is 0. The summed E-state index contributed by atoms with van der Waals surface area (Å²) in [5, 5.41) is 3.37. The van der Waals surface area contributed by atoms with Gasteiger partial charge in [-0.1, -0.05) is 39.3 Å². The molecular formula is C32H52N2O3. The van der Waals surface area contributed by atoms with E-state index in [0.717, 1.165) is 50.2 Å². The van der Waals surface area contributed by atoms with E-state index in [2.05, 4.69) is 44.0 Å². The molecule has 2 saturated heterocycles. The van der Waals surface area contributed by atoms with Crippen molar-refractivity contribution in [3.63, 3.8) is 0 Å². The Hall–Kier alpha value is -0.910. The molecule has 2 heterocycles. The molecule has 0 radical (unpaired) electrons. The second-order valence-electron chi connectivity index (χ2n) is 14.8. The smallest absolute Gasteiger partial charge is 0.221 e. The first kappa shape index (κ1) is 26.3. The number of allylic oxidation sites excluding steroid dienone is 1. The number of hydrogen-bond acceptors (Lipinski definition) is 4. The lowest BCUT2D eigenvalue weighted by atomic mass is 9.46. The largest absolute Gasteiger partial charge is 0.353 e. The number of carbonyl (C=O) groups excluding carboxylic acids is 1. The Morgan fingerprint density at radius 2 is 1.92 bits per heavy atom. The lowest BCUT2D eigenvalue weighted by Gasteiger charge is -2.58. The molecule has 0 bridgehead atoms. The molecule has 3 saturated carbocycles. The number of rotatable bonds is 4. The van der Waals surface area contributed by atoms with Crippen LogP contribution < -0.4 is 5.32 Å². The molecule has 6 aliphatic rings. The first-order chi connectivity index (χ1) is 17.6. The number of carbonyl (C=O) groups is 1. The maximum Gasteiger partial charge on any atom is 0.221 e. The summed E-state index contributed by atoms with van der Waals surface area (Å²) in [5.41, 5.74) is 2.33. The highest BCUT2D eigenvalue weighted by Gasteiger charge is 2.68. The third-order valence-corrected chi connectivity index (χ3v) is 12.5. The third kappa shape index (κ3) is 4.16. The summed E-state index contributed by atoms with van der Waals surface area (Å²) in [4.78, 5) is 14.6. The average molecular weight is 513 g/mol. The zero-order valence-electron chi connectivity index (χ0n) is 24.4. The van der Waals surface area contributed by atoms with Gasteiger partial charge in [-0.3, -0.25) is 4.79 Å². The van der Waals surface area contributed by atoms with Gasteiger partial charge in [0, 0.05) is 31.3 Å². The highest BCUT2D eigenvalue weighted by atomic mass is 16.7. The van der Waals surface area contributed by atoms with Crippen LogP contribution in [0.4, 0.5) is 0 Å². The molecule has 6 rings (SSSR count). The van der Waals surface area contributed by atoms with Gasteiger partial charge in [-0.2, -0.15) is 0 Å². The topological polar surface area (TPSA) is 50.8 Å². The zero-order valence-corrected chi connectivity index (χ0v) is 24.4. The number of fused-ring (bicyclic) bond motifs is 7. The van der Waals surface area contributed by atoms with E-state index in [1.807, 2.05) is 14.1 Å². The summed E-state index contributed by atoms with van der Waals surface area (Å²) < 4.78 is 13.5. The lowest BCUT2D eigenvalue weighted by Crippen LogP contribution is -2.53. The van der Waals surface area contributed by atoms with Gasteiger partial charge in [-0.05, 0) is 106 Å². The molecule has 0 aromatic carbocycles. The van der Waals surface area contributed by atoms with Gasteiger partial charge in [-0.25, -0.2) is 0 Å². The lowest BCUT2D eigenvalue weighted by molar-refractivity contribution is -0.272. The van der Waals surface area contributed by atoms with Crippen molar-refractivity contribution < 1.29 is 14.3 Å². The van der Waals surface area contributed by atoms with E-state index in [1.165, 1.54) is 38.5 Å². The maximum absolute atomic E-state index is 12.5. The fourth-order valence-corrected chi connectivity index (χ4v) is 10.4. The molecule has 1 amide bonds. The van der Waals surface area contributed by atoms with Gasteiger partial charge in [0.05, 0.1) is 12.7 Å². The van der Waals surface area contributed by atoms with Crippen molar-refractivity contribution in [3.8, 4) is 0 Å². The molecule has 11 atom stereocenters. The number of nitrogens with zero attached hydrogens (tertiary/aromatic N) is 1. The second-order valence-corrected chi connectivity index (χ2v) is 14.8. The van der Waals surface area contributed by atoms with Crippen LogP contribution in [0.3, 0.4) is 0 Å². The van der Waals surface area contributed by atoms with Crippen LogP contribution in [0, 0.1) is 46.3 Å². The summed E-state index contributed by atoms with van der Waals surface area (Å²) in [6.07, 6.45) is 14.5. The van der Waals surface area contributed by atoms with Gasteiger partial charge in [0.2, 0.25) is 5.91 Å². The quantitative estimate of drug-likeness (QED) is 0.485. The first-order valence-corrected chi connectivity index (χ1v) is 15.5. The molecular weight excluding hydrogens is 460 g/mol. The van der Waals surface area contributed by atoms with Crippen molar-refractivity contribution in [2.24, 2.45) is 46.3 Å². The molecule has 1 unspecified atom stereocenters. The van der Waals surface area contributed by atoms with Crippen molar-refractivity contribution in [2.45, 2.75) is 110 Å². The Morgan fingerprint density at radius 1 is 1.11 bits per heavy atom. The van der Waals surface area contributed by atoms with Gasteiger partial charge < -0.3 is 19.7 Å². The van der Waals surface area contributed by atoms with Crippen molar-refractivity contribution >= 4 is 5.91 Å². The SMILES string of the molecule is C[C@@H]1CC[C@@]2(OC1)O[C@H]1C[C@H]3[C@@H]4CC=C5CC(NC(=O)CCN(C)C)CC[C@]5(C)[C@H]4CC[C@]3(C)[C@H]1[C@@H]2C. The molecule has 1 N–H and O–H groups in total.